The molecule has 0 atom stereocenters. The molecule has 2 aromatic rings. The molecule has 0 radical (unpaired) electrons. The molecule has 1 aliphatic rings. The van der Waals surface area contributed by atoms with Crippen molar-refractivity contribution in [3.63, 3.8) is 0 Å². The fourth-order valence-corrected chi connectivity index (χ4v) is 3.18. The van der Waals surface area contributed by atoms with Gasteiger partial charge in [-0.25, -0.2) is 4.79 Å². The number of rotatable bonds is 6. The van der Waals surface area contributed by atoms with Gasteiger partial charge in [0, 0.05) is 25.2 Å². The van der Waals surface area contributed by atoms with Crippen LogP contribution in [0, 0.1) is 0 Å². The van der Waals surface area contributed by atoms with Gasteiger partial charge in [0.25, 0.3) is 0 Å². The second-order valence-electron chi connectivity index (χ2n) is 7.68. The van der Waals surface area contributed by atoms with Gasteiger partial charge in [-0.2, -0.15) is 0 Å². The number of anilines is 3. The average Bonchev–Trinajstić information content (AvgIpc) is 2.76. The first-order valence-electron chi connectivity index (χ1n) is 10.3. The zero-order chi connectivity index (χ0) is 23.3. The van der Waals surface area contributed by atoms with E-state index in [1.165, 1.54) is 9.80 Å². The summed E-state index contributed by atoms with van der Waals surface area (Å²) in [5.74, 6) is -0.873. The monoisotopic (exact) mass is 438 g/mol. The summed E-state index contributed by atoms with van der Waals surface area (Å²) in [6.07, 6.45) is -0.214. The van der Waals surface area contributed by atoms with Gasteiger partial charge >= 0.3 is 12.0 Å². The largest absolute Gasteiger partial charge is 0.427 e. The second kappa shape index (κ2) is 9.95. The number of hydrogen-bond donors (Lipinski definition) is 2. The number of esters is 1. The van der Waals surface area contributed by atoms with Gasteiger partial charge in [-0.15, -0.1) is 0 Å². The second-order valence-corrected chi connectivity index (χ2v) is 7.68. The first-order chi connectivity index (χ1) is 15.2. The molecule has 1 heterocycles. The summed E-state index contributed by atoms with van der Waals surface area (Å²) in [5.41, 5.74) is 1.80. The van der Waals surface area contributed by atoms with E-state index >= 15 is 0 Å². The van der Waals surface area contributed by atoms with Crippen LogP contribution in [0.3, 0.4) is 0 Å². The molecule has 0 saturated carbocycles. The molecule has 2 aromatic carbocycles. The van der Waals surface area contributed by atoms with Gasteiger partial charge in [0.15, 0.2) is 0 Å². The van der Waals surface area contributed by atoms with E-state index in [1.807, 2.05) is 13.8 Å². The Morgan fingerprint density at radius 3 is 2.47 bits per heavy atom. The molecule has 3 rings (SSSR count). The minimum atomic E-state index is -0.563. The Bertz CT molecular complexity index is 1020. The highest BCUT2D eigenvalue weighted by Crippen LogP contribution is 2.29. The quantitative estimate of drug-likeness (QED) is 0.533. The molecule has 0 bridgehead atoms. The highest BCUT2D eigenvalue weighted by Gasteiger charge is 2.26. The summed E-state index contributed by atoms with van der Waals surface area (Å²) in [7, 11) is 1.64. The first kappa shape index (κ1) is 22.8. The predicted molar refractivity (Wildman–Crippen MR) is 121 cm³/mol. The SMILES string of the molecule is CC(C)NC(=O)N(C)c1ccc(OC(=O)CCC(=O)N2CC(=O)Nc3ccccc32)cc1. The van der Waals surface area contributed by atoms with Crippen LogP contribution in [-0.4, -0.2) is 43.4 Å². The number of carbonyl (C=O) groups excluding carboxylic acids is 4. The highest BCUT2D eigenvalue weighted by atomic mass is 16.5. The maximum atomic E-state index is 12.6. The Kier molecular flexibility index (Phi) is 7.09. The molecule has 0 aliphatic carbocycles. The van der Waals surface area contributed by atoms with E-state index in [2.05, 4.69) is 10.6 Å². The number of fused-ring (bicyclic) bond motifs is 1. The number of para-hydroxylation sites is 2. The van der Waals surface area contributed by atoms with Crippen LogP contribution in [0.2, 0.25) is 0 Å². The molecular formula is C23H26N4O5. The lowest BCUT2D eigenvalue weighted by atomic mass is 10.1. The van der Waals surface area contributed by atoms with Crippen LogP contribution in [0.15, 0.2) is 48.5 Å². The van der Waals surface area contributed by atoms with Crippen molar-refractivity contribution in [1.29, 1.82) is 0 Å². The van der Waals surface area contributed by atoms with Crippen LogP contribution in [0.25, 0.3) is 0 Å². The Morgan fingerprint density at radius 2 is 1.78 bits per heavy atom. The third-order valence-electron chi connectivity index (χ3n) is 4.79. The molecule has 9 heteroatoms. The molecule has 0 unspecified atom stereocenters. The van der Waals surface area contributed by atoms with Gasteiger partial charge in [-0.1, -0.05) is 12.1 Å². The maximum Gasteiger partial charge on any atom is 0.321 e. The Labute approximate surface area is 186 Å². The smallest absolute Gasteiger partial charge is 0.321 e. The van der Waals surface area contributed by atoms with Gasteiger partial charge in [-0.05, 0) is 50.2 Å². The van der Waals surface area contributed by atoms with E-state index in [0.717, 1.165) is 0 Å². The number of hydrogen-bond acceptors (Lipinski definition) is 5. The third kappa shape index (κ3) is 5.63. The van der Waals surface area contributed by atoms with E-state index in [1.54, 1.807) is 55.6 Å². The molecule has 9 nitrogen and oxygen atoms in total. The van der Waals surface area contributed by atoms with E-state index in [4.69, 9.17) is 4.74 Å². The van der Waals surface area contributed by atoms with Gasteiger partial charge < -0.3 is 20.3 Å². The summed E-state index contributed by atoms with van der Waals surface area (Å²) in [6.45, 7) is 3.65. The lowest BCUT2D eigenvalue weighted by Crippen LogP contribution is -2.42. The van der Waals surface area contributed by atoms with Crippen molar-refractivity contribution < 1.29 is 23.9 Å². The van der Waals surface area contributed by atoms with Crippen LogP contribution >= 0.6 is 0 Å². The third-order valence-corrected chi connectivity index (χ3v) is 4.79. The zero-order valence-corrected chi connectivity index (χ0v) is 18.3. The molecule has 0 spiro atoms. The molecule has 1 aliphatic heterocycles. The van der Waals surface area contributed by atoms with Gasteiger partial charge in [-0.3, -0.25) is 19.3 Å². The summed E-state index contributed by atoms with van der Waals surface area (Å²) in [5, 5.41) is 5.51. The molecule has 0 saturated heterocycles. The van der Waals surface area contributed by atoms with Crippen molar-refractivity contribution in [1.82, 2.24) is 5.32 Å². The number of urea groups is 1. The summed E-state index contributed by atoms with van der Waals surface area (Å²) >= 11 is 0. The van der Waals surface area contributed by atoms with Crippen LogP contribution in [0.5, 0.6) is 5.75 Å². The minimum absolute atomic E-state index is 0.0145. The topological polar surface area (TPSA) is 108 Å². The standard InChI is InChI=1S/C23H26N4O5/c1-15(2)24-23(31)26(3)16-8-10-17(11-9-16)32-22(30)13-12-21(29)27-14-20(28)25-18-6-4-5-7-19(18)27/h4-11,15H,12-14H2,1-3H3,(H,24,31)(H,25,28). The van der Waals surface area contributed by atoms with E-state index in [9.17, 15) is 19.2 Å². The van der Waals surface area contributed by atoms with Crippen LogP contribution in [0.4, 0.5) is 21.9 Å². The average molecular weight is 438 g/mol. The van der Waals surface area contributed by atoms with Gasteiger partial charge in [0.05, 0.1) is 17.8 Å². The van der Waals surface area contributed by atoms with Crippen molar-refractivity contribution >= 4 is 40.9 Å². The minimum Gasteiger partial charge on any atom is -0.427 e. The lowest BCUT2D eigenvalue weighted by Gasteiger charge is -2.29. The van der Waals surface area contributed by atoms with Crippen molar-refractivity contribution in [3.8, 4) is 5.75 Å². The number of carbonyl (C=O) groups is 4. The number of benzene rings is 2. The van der Waals surface area contributed by atoms with Crippen LogP contribution in [-0.2, 0) is 14.4 Å². The summed E-state index contributed by atoms with van der Waals surface area (Å²) < 4.78 is 5.29. The molecular weight excluding hydrogens is 412 g/mol. The predicted octanol–water partition coefficient (Wildman–Crippen LogP) is 2.91. The highest BCUT2D eigenvalue weighted by molar-refractivity contribution is 6.10. The molecule has 168 valence electrons. The van der Waals surface area contributed by atoms with Crippen molar-refractivity contribution in [2.75, 3.05) is 28.7 Å². The van der Waals surface area contributed by atoms with Crippen molar-refractivity contribution in [2.45, 2.75) is 32.7 Å². The first-order valence-corrected chi connectivity index (χ1v) is 10.3. The van der Waals surface area contributed by atoms with E-state index < -0.39 is 5.97 Å². The van der Waals surface area contributed by atoms with Gasteiger partial charge in [0.2, 0.25) is 11.8 Å². The molecule has 0 fully saturated rings. The number of nitrogens with one attached hydrogen (secondary N) is 2. The fraction of sp³-hybridized carbons (Fsp3) is 0.304. The van der Waals surface area contributed by atoms with Gasteiger partial charge in [0.1, 0.15) is 12.3 Å². The zero-order valence-electron chi connectivity index (χ0n) is 18.3. The Balaban J connectivity index is 1.53. The molecule has 32 heavy (non-hydrogen) atoms. The molecule has 0 aromatic heterocycles. The van der Waals surface area contributed by atoms with Crippen LogP contribution < -0.4 is 25.2 Å². The molecule has 2 N–H and O–H groups in total. The van der Waals surface area contributed by atoms with Crippen molar-refractivity contribution in [2.24, 2.45) is 0 Å². The van der Waals surface area contributed by atoms with E-state index in [-0.39, 0.29) is 43.3 Å². The van der Waals surface area contributed by atoms with E-state index in [0.29, 0.717) is 22.8 Å². The number of nitrogens with zero attached hydrogens (tertiary/aromatic N) is 2. The number of amides is 4. The summed E-state index contributed by atoms with van der Waals surface area (Å²) in [4.78, 5) is 51.6. The van der Waals surface area contributed by atoms with Crippen molar-refractivity contribution in [3.05, 3.63) is 48.5 Å². The lowest BCUT2D eigenvalue weighted by molar-refractivity contribution is -0.136. The maximum absolute atomic E-state index is 12.6. The Morgan fingerprint density at radius 1 is 1.09 bits per heavy atom. The number of ether oxygens (including phenoxy) is 1. The Hall–Kier alpha value is -3.88. The molecule has 4 amide bonds. The summed E-state index contributed by atoms with van der Waals surface area (Å²) in [6, 6.07) is 13.3. The fourth-order valence-electron chi connectivity index (χ4n) is 3.18. The normalized spacial score (nSPS) is 12.6. The van der Waals surface area contributed by atoms with Crippen LogP contribution in [0.1, 0.15) is 26.7 Å².